The zero-order chi connectivity index (χ0) is 40.9. The van der Waals surface area contributed by atoms with Crippen LogP contribution in [0.1, 0.15) is 64.4 Å². The normalized spacial score (nSPS) is 13.4. The van der Waals surface area contributed by atoms with Gasteiger partial charge in [-0.3, -0.25) is 0 Å². The van der Waals surface area contributed by atoms with E-state index in [0.717, 1.165) is 53.0 Å². The Morgan fingerprint density at radius 2 is 1.14 bits per heavy atom. The summed E-state index contributed by atoms with van der Waals surface area (Å²) in [5, 5.41) is 27.6. The molecule has 0 amide bonds. The van der Waals surface area contributed by atoms with Crippen molar-refractivity contribution < 1.29 is 42.4 Å². The summed E-state index contributed by atoms with van der Waals surface area (Å²) in [5.74, 6) is 4.73. The Kier molecular flexibility index (Phi) is 14.1. The lowest BCUT2D eigenvalue weighted by Gasteiger charge is -2.22. The minimum atomic E-state index is -0.245. The molecule has 0 radical (unpaired) electrons. The second-order valence-corrected chi connectivity index (χ2v) is 13.3. The molecule has 1 N–H and O–H groups in total. The van der Waals surface area contributed by atoms with Crippen molar-refractivity contribution in [3.05, 3.63) is 130 Å². The summed E-state index contributed by atoms with van der Waals surface area (Å²) in [7, 11) is 3.23. The second-order valence-electron chi connectivity index (χ2n) is 13.3. The Morgan fingerprint density at radius 1 is 0.655 bits per heavy atom. The molecule has 6 aromatic rings. The van der Waals surface area contributed by atoms with Crippen molar-refractivity contribution in [1.82, 2.24) is 9.97 Å². The molecule has 1 saturated heterocycles. The van der Waals surface area contributed by atoms with Gasteiger partial charge < -0.3 is 42.4 Å². The molecule has 13 nitrogen and oxygen atoms in total. The fourth-order valence-electron chi connectivity index (χ4n) is 5.96. The molecule has 58 heavy (non-hydrogen) atoms. The maximum atomic E-state index is 9.54. The van der Waals surface area contributed by atoms with Crippen LogP contribution in [0.3, 0.4) is 0 Å². The first kappa shape index (κ1) is 41.0. The molecule has 0 aliphatic carbocycles. The first-order chi connectivity index (χ1) is 28.3. The summed E-state index contributed by atoms with van der Waals surface area (Å²) in [4.78, 5) is 9.00. The van der Waals surface area contributed by atoms with Crippen molar-refractivity contribution in [1.29, 1.82) is 10.5 Å². The number of rotatable bonds is 14. The third-order valence-electron chi connectivity index (χ3n) is 9.30. The summed E-state index contributed by atoms with van der Waals surface area (Å²) in [6.07, 6.45) is 2.81. The highest BCUT2D eigenvalue weighted by Gasteiger charge is 2.20. The Bertz CT molecular complexity index is 2350. The lowest BCUT2D eigenvalue weighted by atomic mass is 10.1. The van der Waals surface area contributed by atoms with Crippen molar-refractivity contribution in [2.45, 2.75) is 65.8 Å². The van der Waals surface area contributed by atoms with E-state index in [9.17, 15) is 5.11 Å². The molecule has 3 heterocycles. The number of hydrogen-bond acceptors (Lipinski definition) is 13. The average Bonchev–Trinajstić information content (AvgIpc) is 3.89. The number of aliphatic hydroxyl groups excluding tert-OH is 1. The number of benzene rings is 4. The van der Waals surface area contributed by atoms with Crippen molar-refractivity contribution in [3.8, 4) is 58.0 Å². The molecule has 7 rings (SSSR count). The van der Waals surface area contributed by atoms with Gasteiger partial charge in [0.05, 0.1) is 50.7 Å². The van der Waals surface area contributed by atoms with E-state index in [1.807, 2.05) is 68.4 Å². The van der Waals surface area contributed by atoms with E-state index in [-0.39, 0.29) is 32.7 Å². The molecule has 0 saturated carbocycles. The van der Waals surface area contributed by atoms with Gasteiger partial charge in [-0.1, -0.05) is 0 Å². The van der Waals surface area contributed by atoms with Crippen LogP contribution < -0.4 is 18.9 Å². The summed E-state index contributed by atoms with van der Waals surface area (Å²) in [6.45, 7) is 4.80. The van der Waals surface area contributed by atoms with Crippen LogP contribution in [0.5, 0.6) is 23.0 Å². The Morgan fingerprint density at radius 3 is 1.57 bits per heavy atom. The lowest BCUT2D eigenvalue weighted by molar-refractivity contribution is -0.169. The van der Waals surface area contributed by atoms with Gasteiger partial charge in [0.2, 0.25) is 11.8 Å². The Hall–Kier alpha value is -6.64. The highest BCUT2D eigenvalue weighted by Crippen LogP contribution is 2.29. The van der Waals surface area contributed by atoms with Crippen molar-refractivity contribution in [2.24, 2.45) is 0 Å². The van der Waals surface area contributed by atoms with Crippen LogP contribution in [-0.4, -0.2) is 42.2 Å². The van der Waals surface area contributed by atoms with Crippen molar-refractivity contribution in [2.75, 3.05) is 20.8 Å². The van der Waals surface area contributed by atoms with Gasteiger partial charge in [0.15, 0.2) is 17.8 Å². The molecular weight excluding hydrogens is 741 g/mol. The maximum absolute atomic E-state index is 9.54. The first-order valence-corrected chi connectivity index (χ1v) is 18.7. The molecule has 0 spiro atoms. The van der Waals surface area contributed by atoms with Gasteiger partial charge in [-0.25, -0.2) is 9.97 Å². The number of oxazole rings is 2. The molecule has 1 aliphatic heterocycles. The summed E-state index contributed by atoms with van der Waals surface area (Å²) in [5.41, 5.74) is 5.65. The van der Waals surface area contributed by atoms with E-state index in [1.54, 1.807) is 44.6 Å². The molecule has 1 fully saturated rings. The molecular formula is C45H44N4O9. The van der Waals surface area contributed by atoms with Gasteiger partial charge in [0.25, 0.3) is 0 Å². The molecule has 1 unspecified atom stereocenters. The first-order valence-electron chi connectivity index (χ1n) is 18.7. The molecule has 0 bridgehead atoms. The highest BCUT2D eigenvalue weighted by atomic mass is 16.7. The molecule has 4 aromatic carbocycles. The van der Waals surface area contributed by atoms with E-state index in [4.69, 9.17) is 47.8 Å². The van der Waals surface area contributed by atoms with Crippen molar-refractivity contribution in [3.63, 3.8) is 0 Å². The van der Waals surface area contributed by atoms with Gasteiger partial charge in [0, 0.05) is 17.7 Å². The number of aromatic nitrogens is 2. The topological polar surface area (TPSA) is 175 Å². The Balaban J connectivity index is 0.000000200. The fraction of sp³-hybridized carbons (Fsp3) is 0.289. The van der Waals surface area contributed by atoms with Crippen LogP contribution >= 0.6 is 0 Å². The highest BCUT2D eigenvalue weighted by molar-refractivity contribution is 5.56. The third-order valence-corrected chi connectivity index (χ3v) is 9.30. The quantitative estimate of drug-likeness (QED) is 0.111. The summed E-state index contributed by atoms with van der Waals surface area (Å²) < 4.78 is 45.5. The Labute approximate surface area is 336 Å². The van der Waals surface area contributed by atoms with E-state index in [1.165, 1.54) is 0 Å². The molecule has 298 valence electrons. The van der Waals surface area contributed by atoms with Crippen LogP contribution in [0.2, 0.25) is 0 Å². The standard InChI is InChI=1S/C25H26N2O5.C20H18N2O4/c1-17-13-21(11-8-19(17)14-26)30-16-23-22(15-31-24-5-3-4-12-29-24)27-25(32-23)18-6-9-20(28-2)10-7-18;1-13-9-17(8-5-15(13)10-21)25-12-19-18(11-23)22-20(26-19)14-3-6-16(24-2)7-4-14/h6-11,13,24H,3-5,12,15-16H2,1-2H3;3-9,23H,11-12H2,1-2H3. The lowest BCUT2D eigenvalue weighted by Crippen LogP contribution is -2.22. The maximum Gasteiger partial charge on any atom is 0.226 e. The number of nitriles is 2. The second kappa shape index (κ2) is 20.0. The summed E-state index contributed by atoms with van der Waals surface area (Å²) >= 11 is 0. The monoisotopic (exact) mass is 784 g/mol. The van der Waals surface area contributed by atoms with Gasteiger partial charge in [-0.05, 0) is 129 Å². The number of ether oxygens (including phenoxy) is 6. The number of nitrogens with zero attached hydrogens (tertiary/aromatic N) is 4. The third kappa shape index (κ3) is 10.6. The van der Waals surface area contributed by atoms with E-state index < -0.39 is 0 Å². The smallest absolute Gasteiger partial charge is 0.226 e. The van der Waals surface area contributed by atoms with Crippen molar-refractivity contribution >= 4 is 0 Å². The van der Waals surface area contributed by atoms with Gasteiger partial charge in [0.1, 0.15) is 47.6 Å². The van der Waals surface area contributed by atoms with Gasteiger partial charge >= 0.3 is 0 Å². The molecule has 1 atom stereocenters. The number of aryl methyl sites for hydroxylation is 2. The molecule has 2 aromatic heterocycles. The van der Waals surface area contributed by atoms with Crippen LogP contribution in [0, 0.1) is 36.5 Å². The zero-order valence-corrected chi connectivity index (χ0v) is 32.8. The predicted octanol–water partition coefficient (Wildman–Crippen LogP) is 8.75. The molecule has 1 aliphatic rings. The van der Waals surface area contributed by atoms with Gasteiger partial charge in [-0.15, -0.1) is 0 Å². The average molecular weight is 785 g/mol. The summed E-state index contributed by atoms with van der Waals surface area (Å²) in [6, 6.07) is 29.7. The minimum absolute atomic E-state index is 0.129. The van der Waals surface area contributed by atoms with Gasteiger partial charge in [-0.2, -0.15) is 10.5 Å². The zero-order valence-electron chi connectivity index (χ0n) is 32.8. The van der Waals surface area contributed by atoms with Crippen LogP contribution in [0.15, 0.2) is 93.8 Å². The molecule has 13 heteroatoms. The fourth-order valence-corrected chi connectivity index (χ4v) is 5.96. The SMILES string of the molecule is COc1ccc(-c2nc(CO)c(COc3ccc(C#N)c(C)c3)o2)cc1.COc1ccc(-c2nc(COC3CCCCO3)c(COc3ccc(C#N)c(C)c3)o2)cc1. The largest absolute Gasteiger partial charge is 0.497 e. The van der Waals surface area contributed by atoms with Crippen LogP contribution in [0.25, 0.3) is 22.9 Å². The van der Waals surface area contributed by atoms with Crippen LogP contribution in [-0.2, 0) is 35.9 Å². The number of hydrogen-bond donors (Lipinski definition) is 1. The number of methoxy groups -OCH3 is 2. The van der Waals surface area contributed by atoms with E-state index >= 15 is 0 Å². The van der Waals surface area contributed by atoms with E-state index in [2.05, 4.69) is 22.1 Å². The minimum Gasteiger partial charge on any atom is -0.497 e. The van der Waals surface area contributed by atoms with Crippen LogP contribution in [0.4, 0.5) is 0 Å². The number of aliphatic hydroxyl groups is 1. The predicted molar refractivity (Wildman–Crippen MR) is 212 cm³/mol. The van der Waals surface area contributed by atoms with E-state index in [0.29, 0.717) is 63.9 Å².